The fraction of sp³-hybridized carbons (Fsp3) is 0.458. The van der Waals surface area contributed by atoms with Gasteiger partial charge >= 0.3 is 0 Å². The highest BCUT2D eigenvalue weighted by molar-refractivity contribution is 5.78. The maximum absolute atomic E-state index is 14.7. The van der Waals surface area contributed by atoms with E-state index in [1.54, 1.807) is 4.90 Å². The Morgan fingerprint density at radius 2 is 1.81 bits per heavy atom. The average molecular weight is 435 g/mol. The molecule has 2 fully saturated rings. The van der Waals surface area contributed by atoms with Crippen LogP contribution in [0.15, 0.2) is 42.5 Å². The Balaban J connectivity index is 1.47. The number of benzene rings is 2. The van der Waals surface area contributed by atoms with E-state index in [1.165, 1.54) is 0 Å². The molecule has 0 radical (unpaired) electrons. The molecule has 7 heteroatoms. The summed E-state index contributed by atoms with van der Waals surface area (Å²) in [7, 11) is 0. The molecule has 0 N–H and O–H groups in total. The van der Waals surface area contributed by atoms with Crippen molar-refractivity contribution in [3.8, 4) is 5.75 Å². The fourth-order valence-corrected chi connectivity index (χ4v) is 4.60. The highest BCUT2D eigenvalue weighted by atomic mass is 19.3. The van der Waals surface area contributed by atoms with Gasteiger partial charge in [0, 0.05) is 49.0 Å². The van der Waals surface area contributed by atoms with Crippen LogP contribution in [-0.2, 0) is 17.8 Å². The standard InChI is InChI=1S/C24H25F4NO2/c25-21-13-19(31-15-16-5-2-1-3-6-16)14-22(26)20(21)12-17-11-18(8-9-24(17,27)28)29-10-4-7-23(29)30/h1-3,5-6,13-14,17-18H,4,7-12,15H2. The number of ether oxygens (including phenoxy) is 1. The first-order chi connectivity index (χ1) is 14.8. The van der Waals surface area contributed by atoms with Gasteiger partial charge in [0.15, 0.2) is 0 Å². The predicted molar refractivity (Wildman–Crippen MR) is 108 cm³/mol. The highest BCUT2D eigenvalue weighted by Crippen LogP contribution is 2.43. The Labute approximate surface area is 179 Å². The van der Waals surface area contributed by atoms with E-state index in [4.69, 9.17) is 4.74 Å². The van der Waals surface area contributed by atoms with Gasteiger partial charge in [-0.2, -0.15) is 0 Å². The van der Waals surface area contributed by atoms with Crippen LogP contribution in [0.4, 0.5) is 17.6 Å². The summed E-state index contributed by atoms with van der Waals surface area (Å²) in [5.41, 5.74) is 0.488. The number of halogens is 4. The van der Waals surface area contributed by atoms with Gasteiger partial charge in [-0.25, -0.2) is 17.6 Å². The van der Waals surface area contributed by atoms with Crippen LogP contribution >= 0.6 is 0 Å². The Morgan fingerprint density at radius 1 is 1.10 bits per heavy atom. The number of hydrogen-bond acceptors (Lipinski definition) is 2. The van der Waals surface area contributed by atoms with Gasteiger partial charge in [0.05, 0.1) is 0 Å². The normalized spacial score (nSPS) is 23.2. The second-order valence-electron chi connectivity index (χ2n) is 8.42. The molecule has 1 saturated carbocycles. The van der Waals surface area contributed by atoms with Gasteiger partial charge in [-0.15, -0.1) is 0 Å². The molecule has 0 bridgehead atoms. The van der Waals surface area contributed by atoms with Crippen molar-refractivity contribution in [3.05, 3.63) is 65.2 Å². The summed E-state index contributed by atoms with van der Waals surface area (Å²) < 4.78 is 64.0. The summed E-state index contributed by atoms with van der Waals surface area (Å²) >= 11 is 0. The van der Waals surface area contributed by atoms with Gasteiger partial charge in [-0.05, 0) is 31.2 Å². The third-order valence-electron chi connectivity index (χ3n) is 6.33. The van der Waals surface area contributed by atoms with Gasteiger partial charge in [0.25, 0.3) is 5.92 Å². The van der Waals surface area contributed by atoms with Gasteiger partial charge in [-0.3, -0.25) is 4.79 Å². The Bertz CT molecular complexity index is 911. The number of nitrogens with zero attached hydrogens (tertiary/aromatic N) is 1. The molecule has 1 heterocycles. The molecule has 2 aromatic carbocycles. The molecule has 1 saturated heterocycles. The lowest BCUT2D eigenvalue weighted by atomic mass is 9.78. The summed E-state index contributed by atoms with van der Waals surface area (Å²) in [6, 6.07) is 11.0. The number of carbonyl (C=O) groups excluding carboxylic acids is 1. The van der Waals surface area contributed by atoms with Crippen LogP contribution in [0.2, 0.25) is 0 Å². The summed E-state index contributed by atoms with van der Waals surface area (Å²) in [4.78, 5) is 13.7. The van der Waals surface area contributed by atoms with Crippen LogP contribution in [0, 0.1) is 17.6 Å². The van der Waals surface area contributed by atoms with Crippen LogP contribution in [-0.4, -0.2) is 29.3 Å². The zero-order chi connectivity index (χ0) is 22.0. The fourth-order valence-electron chi connectivity index (χ4n) is 4.60. The number of amides is 1. The number of carbonyl (C=O) groups is 1. The van der Waals surface area contributed by atoms with Crippen molar-refractivity contribution in [2.75, 3.05) is 6.54 Å². The lowest BCUT2D eigenvalue weighted by Crippen LogP contribution is -2.46. The van der Waals surface area contributed by atoms with Gasteiger partial charge in [0.1, 0.15) is 24.0 Å². The molecule has 3 nitrogen and oxygen atoms in total. The summed E-state index contributed by atoms with van der Waals surface area (Å²) in [6.07, 6.45) is 0.626. The first-order valence-electron chi connectivity index (χ1n) is 10.7. The molecule has 166 valence electrons. The molecular weight excluding hydrogens is 410 g/mol. The zero-order valence-electron chi connectivity index (χ0n) is 17.1. The van der Waals surface area contributed by atoms with E-state index < -0.39 is 29.9 Å². The van der Waals surface area contributed by atoms with E-state index in [9.17, 15) is 22.4 Å². The minimum atomic E-state index is -3.03. The van der Waals surface area contributed by atoms with E-state index in [0.29, 0.717) is 13.0 Å². The number of likely N-dealkylation sites (tertiary alicyclic amines) is 1. The summed E-state index contributed by atoms with van der Waals surface area (Å²) in [5.74, 6) is -6.04. The Morgan fingerprint density at radius 3 is 2.45 bits per heavy atom. The topological polar surface area (TPSA) is 29.5 Å². The second-order valence-corrected chi connectivity index (χ2v) is 8.42. The van der Waals surface area contributed by atoms with E-state index in [1.807, 2.05) is 30.3 Å². The van der Waals surface area contributed by atoms with Crippen LogP contribution in [0.3, 0.4) is 0 Å². The number of rotatable bonds is 6. The van der Waals surface area contributed by atoms with E-state index in [-0.39, 0.29) is 49.1 Å². The molecule has 1 aliphatic carbocycles. The first kappa shape index (κ1) is 21.7. The molecule has 1 aliphatic heterocycles. The van der Waals surface area contributed by atoms with Crippen LogP contribution in [0.25, 0.3) is 0 Å². The minimum absolute atomic E-state index is 0.0125. The minimum Gasteiger partial charge on any atom is -0.489 e. The molecule has 1 amide bonds. The second kappa shape index (κ2) is 8.89. The van der Waals surface area contributed by atoms with Gasteiger partial charge in [0.2, 0.25) is 5.91 Å². The van der Waals surface area contributed by atoms with Gasteiger partial charge < -0.3 is 9.64 Å². The van der Waals surface area contributed by atoms with Crippen LogP contribution in [0.1, 0.15) is 43.2 Å². The smallest absolute Gasteiger partial charge is 0.251 e. The molecule has 2 unspecified atom stereocenters. The van der Waals surface area contributed by atoms with Crippen molar-refractivity contribution in [3.63, 3.8) is 0 Å². The molecule has 31 heavy (non-hydrogen) atoms. The predicted octanol–water partition coefficient (Wildman–Crippen LogP) is 5.51. The van der Waals surface area contributed by atoms with E-state index in [2.05, 4.69) is 0 Å². The molecule has 2 atom stereocenters. The van der Waals surface area contributed by atoms with Crippen molar-refractivity contribution in [2.45, 2.75) is 57.1 Å². The van der Waals surface area contributed by atoms with E-state index in [0.717, 1.165) is 24.1 Å². The monoisotopic (exact) mass is 435 g/mol. The molecule has 0 aromatic heterocycles. The molecule has 2 aliphatic rings. The van der Waals surface area contributed by atoms with Crippen molar-refractivity contribution in [1.82, 2.24) is 4.90 Å². The van der Waals surface area contributed by atoms with Crippen LogP contribution < -0.4 is 4.74 Å². The lowest BCUT2D eigenvalue weighted by molar-refractivity contribution is -0.137. The molecular formula is C24H25F4NO2. The maximum atomic E-state index is 14.7. The zero-order valence-corrected chi connectivity index (χ0v) is 17.1. The quantitative estimate of drug-likeness (QED) is 0.560. The van der Waals surface area contributed by atoms with Crippen LogP contribution in [0.5, 0.6) is 5.75 Å². The largest absolute Gasteiger partial charge is 0.489 e. The summed E-state index contributed by atoms with van der Waals surface area (Å²) in [5, 5.41) is 0. The SMILES string of the molecule is O=C1CCCN1C1CCC(F)(F)C(Cc2c(F)cc(OCc3ccccc3)cc2F)C1. The number of hydrogen-bond donors (Lipinski definition) is 0. The third kappa shape index (κ3) is 4.86. The molecule has 0 spiro atoms. The van der Waals surface area contributed by atoms with Crippen molar-refractivity contribution < 1.29 is 27.1 Å². The van der Waals surface area contributed by atoms with Crippen molar-refractivity contribution >= 4 is 5.91 Å². The lowest BCUT2D eigenvalue weighted by Gasteiger charge is -2.40. The van der Waals surface area contributed by atoms with Gasteiger partial charge in [-0.1, -0.05) is 30.3 Å². The number of alkyl halides is 2. The summed E-state index contributed by atoms with van der Waals surface area (Å²) in [6.45, 7) is 0.712. The maximum Gasteiger partial charge on any atom is 0.251 e. The molecule has 2 aromatic rings. The van der Waals surface area contributed by atoms with E-state index >= 15 is 0 Å². The Kier molecular flexibility index (Phi) is 6.21. The van der Waals surface area contributed by atoms with Crippen molar-refractivity contribution in [1.29, 1.82) is 0 Å². The molecule has 4 rings (SSSR count). The van der Waals surface area contributed by atoms with Crippen molar-refractivity contribution in [2.24, 2.45) is 5.92 Å². The highest BCUT2D eigenvalue weighted by Gasteiger charge is 2.47. The average Bonchev–Trinajstić information content (AvgIpc) is 3.17. The first-order valence-corrected chi connectivity index (χ1v) is 10.7. The Hall–Kier alpha value is -2.57. The third-order valence-corrected chi connectivity index (χ3v) is 6.33.